The van der Waals surface area contributed by atoms with E-state index in [0.29, 0.717) is 5.66 Å². The van der Waals surface area contributed by atoms with E-state index in [-0.39, 0.29) is 0 Å². The Morgan fingerprint density at radius 2 is 2.14 bits per heavy atom. The lowest BCUT2D eigenvalue weighted by molar-refractivity contribution is 1.08. The van der Waals surface area contributed by atoms with Gasteiger partial charge in [-0.25, -0.2) is 0 Å². The van der Waals surface area contributed by atoms with Crippen LogP contribution in [0.1, 0.15) is 6.42 Å². The Labute approximate surface area is 47.5 Å². The zero-order valence-corrected chi connectivity index (χ0v) is 5.59. The zero-order valence-electron chi connectivity index (χ0n) is 4.43. The second-order valence-corrected chi connectivity index (χ2v) is 2.28. The Kier molecular flexibility index (Phi) is 4.03. The molecule has 0 bridgehead atoms. The molecule has 0 spiro atoms. The zero-order chi connectivity index (χ0) is 5.70. The predicted molar refractivity (Wildman–Crippen MR) is 38.5 cm³/mol. The standard InChI is InChI=1S/C6H11P/c1-3-5-6(7)4-2/h3-4,6H,1-2,5,7H2. The molecule has 1 heteroatoms. The Morgan fingerprint density at radius 1 is 1.57 bits per heavy atom. The van der Waals surface area contributed by atoms with Crippen molar-refractivity contribution in [3.8, 4) is 0 Å². The third kappa shape index (κ3) is 3.75. The molecule has 0 aromatic carbocycles. The van der Waals surface area contributed by atoms with E-state index in [0.717, 1.165) is 6.42 Å². The van der Waals surface area contributed by atoms with Crippen molar-refractivity contribution in [3.05, 3.63) is 25.3 Å². The Hall–Kier alpha value is -0.0900. The van der Waals surface area contributed by atoms with E-state index in [1.165, 1.54) is 0 Å². The van der Waals surface area contributed by atoms with Gasteiger partial charge < -0.3 is 0 Å². The second kappa shape index (κ2) is 4.08. The molecule has 7 heavy (non-hydrogen) atoms. The molecule has 0 amide bonds. The van der Waals surface area contributed by atoms with Crippen LogP contribution >= 0.6 is 9.24 Å². The van der Waals surface area contributed by atoms with Crippen LogP contribution in [-0.4, -0.2) is 5.66 Å². The van der Waals surface area contributed by atoms with E-state index in [2.05, 4.69) is 22.4 Å². The van der Waals surface area contributed by atoms with Gasteiger partial charge in [-0.05, 0) is 12.1 Å². The third-order valence-corrected chi connectivity index (χ3v) is 1.29. The van der Waals surface area contributed by atoms with Crippen LogP contribution in [0.3, 0.4) is 0 Å². The summed E-state index contributed by atoms with van der Waals surface area (Å²) in [6.45, 7) is 7.20. The van der Waals surface area contributed by atoms with Gasteiger partial charge in [0.1, 0.15) is 0 Å². The third-order valence-electron chi connectivity index (χ3n) is 0.742. The number of hydrogen-bond donors (Lipinski definition) is 0. The molecule has 0 fully saturated rings. The highest BCUT2D eigenvalue weighted by molar-refractivity contribution is 7.17. The van der Waals surface area contributed by atoms with Crippen LogP contribution in [0.2, 0.25) is 0 Å². The summed E-state index contributed by atoms with van der Waals surface area (Å²) in [5.74, 6) is 0. The van der Waals surface area contributed by atoms with Crippen molar-refractivity contribution in [1.82, 2.24) is 0 Å². The van der Waals surface area contributed by atoms with Gasteiger partial charge in [0.05, 0.1) is 0 Å². The van der Waals surface area contributed by atoms with Crippen molar-refractivity contribution in [2.24, 2.45) is 0 Å². The Morgan fingerprint density at radius 3 is 2.29 bits per heavy atom. The molecule has 0 N–H and O–H groups in total. The molecular weight excluding hydrogens is 103 g/mol. The van der Waals surface area contributed by atoms with Gasteiger partial charge in [-0.3, -0.25) is 0 Å². The summed E-state index contributed by atoms with van der Waals surface area (Å²) in [5, 5.41) is 0. The van der Waals surface area contributed by atoms with Gasteiger partial charge in [0.2, 0.25) is 0 Å². The van der Waals surface area contributed by atoms with E-state index in [1.54, 1.807) is 0 Å². The highest BCUT2D eigenvalue weighted by Crippen LogP contribution is 2.04. The van der Waals surface area contributed by atoms with Gasteiger partial charge in [0, 0.05) is 0 Å². The van der Waals surface area contributed by atoms with Crippen LogP contribution in [0.25, 0.3) is 0 Å². The smallest absolute Gasteiger partial charge is 0.00541 e. The molecule has 0 aliphatic heterocycles. The van der Waals surface area contributed by atoms with E-state index < -0.39 is 0 Å². The monoisotopic (exact) mass is 114 g/mol. The van der Waals surface area contributed by atoms with E-state index in [9.17, 15) is 0 Å². The number of rotatable bonds is 3. The highest BCUT2D eigenvalue weighted by Gasteiger charge is 1.86. The first-order chi connectivity index (χ1) is 3.31. The lowest BCUT2D eigenvalue weighted by atomic mass is 10.3. The van der Waals surface area contributed by atoms with Crippen LogP contribution in [0, 0.1) is 0 Å². The Bertz CT molecular complexity index is 66.6. The Balaban J connectivity index is 3.15. The van der Waals surface area contributed by atoms with Gasteiger partial charge in [-0.1, -0.05) is 12.2 Å². The van der Waals surface area contributed by atoms with Crippen molar-refractivity contribution in [2.45, 2.75) is 12.1 Å². The minimum Gasteiger partial charge on any atom is -0.130 e. The molecule has 0 aliphatic carbocycles. The maximum Gasteiger partial charge on any atom is -0.00541 e. The average molecular weight is 114 g/mol. The van der Waals surface area contributed by atoms with Gasteiger partial charge >= 0.3 is 0 Å². The van der Waals surface area contributed by atoms with Gasteiger partial charge in [-0.15, -0.1) is 22.4 Å². The van der Waals surface area contributed by atoms with Crippen molar-refractivity contribution < 1.29 is 0 Å². The first-order valence-electron chi connectivity index (χ1n) is 2.30. The second-order valence-electron chi connectivity index (χ2n) is 1.42. The van der Waals surface area contributed by atoms with Crippen molar-refractivity contribution in [1.29, 1.82) is 0 Å². The molecule has 0 radical (unpaired) electrons. The van der Waals surface area contributed by atoms with Crippen LogP contribution in [0.4, 0.5) is 0 Å². The minimum absolute atomic E-state index is 0.512. The fourth-order valence-electron chi connectivity index (χ4n) is 0.289. The summed E-state index contributed by atoms with van der Waals surface area (Å²) in [5.41, 5.74) is 0.512. The first kappa shape index (κ1) is 6.91. The largest absolute Gasteiger partial charge is 0.130 e. The van der Waals surface area contributed by atoms with Crippen LogP contribution in [0.15, 0.2) is 25.3 Å². The van der Waals surface area contributed by atoms with E-state index >= 15 is 0 Å². The van der Waals surface area contributed by atoms with Crippen LogP contribution in [-0.2, 0) is 0 Å². The molecule has 40 valence electrons. The molecule has 0 aromatic rings. The quantitative estimate of drug-likeness (QED) is 0.389. The van der Waals surface area contributed by atoms with Crippen molar-refractivity contribution in [2.75, 3.05) is 0 Å². The van der Waals surface area contributed by atoms with Crippen molar-refractivity contribution >= 4 is 9.24 Å². The first-order valence-corrected chi connectivity index (χ1v) is 2.97. The lowest BCUT2D eigenvalue weighted by Crippen LogP contribution is -1.85. The molecule has 0 heterocycles. The normalized spacial score (nSPS) is 12.7. The summed E-state index contributed by atoms with van der Waals surface area (Å²) in [7, 11) is 2.67. The fourth-order valence-corrected chi connectivity index (χ4v) is 0.481. The summed E-state index contributed by atoms with van der Waals surface area (Å²) < 4.78 is 0. The molecule has 0 aliphatic rings. The lowest BCUT2D eigenvalue weighted by Gasteiger charge is -1.95. The topological polar surface area (TPSA) is 0 Å². The van der Waals surface area contributed by atoms with Crippen LogP contribution in [0.5, 0.6) is 0 Å². The van der Waals surface area contributed by atoms with Gasteiger partial charge in [-0.2, -0.15) is 0 Å². The van der Waals surface area contributed by atoms with Crippen LogP contribution < -0.4 is 0 Å². The van der Waals surface area contributed by atoms with Gasteiger partial charge in [0.15, 0.2) is 0 Å². The molecule has 0 saturated heterocycles. The predicted octanol–water partition coefficient (Wildman–Crippen LogP) is 1.99. The maximum atomic E-state index is 3.61. The fraction of sp³-hybridized carbons (Fsp3) is 0.333. The summed E-state index contributed by atoms with van der Waals surface area (Å²) in [4.78, 5) is 0. The van der Waals surface area contributed by atoms with Crippen molar-refractivity contribution in [3.63, 3.8) is 0 Å². The highest BCUT2D eigenvalue weighted by atomic mass is 31.0. The molecule has 2 unspecified atom stereocenters. The number of allylic oxidation sites excluding steroid dienone is 2. The van der Waals surface area contributed by atoms with E-state index in [1.807, 2.05) is 12.2 Å². The maximum absolute atomic E-state index is 3.61. The molecular formula is C6H11P. The molecule has 0 rings (SSSR count). The SMILES string of the molecule is C=CCC(P)C=C. The van der Waals surface area contributed by atoms with E-state index in [4.69, 9.17) is 0 Å². The summed E-state index contributed by atoms with van der Waals surface area (Å²) in [6, 6.07) is 0. The molecule has 0 saturated carbocycles. The average Bonchev–Trinajstić information content (AvgIpc) is 1.68. The molecule has 2 atom stereocenters. The summed E-state index contributed by atoms with van der Waals surface area (Å²) >= 11 is 0. The number of hydrogen-bond acceptors (Lipinski definition) is 0. The molecule has 0 aromatic heterocycles. The van der Waals surface area contributed by atoms with Gasteiger partial charge in [0.25, 0.3) is 0 Å². The summed E-state index contributed by atoms with van der Waals surface area (Å²) in [6.07, 6.45) is 4.79. The molecule has 0 nitrogen and oxygen atoms in total. The minimum atomic E-state index is 0.512.